The van der Waals surface area contributed by atoms with Crippen molar-refractivity contribution < 1.29 is 4.39 Å². The molecule has 0 amide bonds. The van der Waals surface area contributed by atoms with E-state index in [4.69, 9.17) is 81.2 Å². The number of benzene rings is 2. The zero-order valence-corrected chi connectivity index (χ0v) is 13.3. The van der Waals surface area contributed by atoms with Crippen molar-refractivity contribution in [2.75, 3.05) is 0 Å². The fourth-order valence-electron chi connectivity index (χ4n) is 1.46. The second-order valence-electron chi connectivity index (χ2n) is 3.26. The Morgan fingerprint density at radius 2 is 0.778 bits per heavy atom. The Morgan fingerprint density at radius 3 is 1.22 bits per heavy atom. The van der Waals surface area contributed by atoms with E-state index >= 15 is 0 Å². The molecule has 0 aliphatic heterocycles. The molecule has 8 heteroatoms. The number of hydrogen-bond donors (Lipinski definition) is 0. The molecule has 0 spiro atoms. The fraction of sp³-hybridized carbons (Fsp3) is 0. The van der Waals surface area contributed by atoms with Gasteiger partial charge in [-0.3, -0.25) is 0 Å². The van der Waals surface area contributed by atoms with Gasteiger partial charge < -0.3 is 0 Å². The lowest BCUT2D eigenvalue weighted by molar-refractivity contribution is 0.630. The first-order valence-corrected chi connectivity index (χ1v) is 6.91. The molecule has 0 unspecified atom stereocenters. The zero-order chi connectivity index (χ0) is 13.8. The second kappa shape index (κ2) is 5.21. The Hall–Kier alpha value is 0.660. The monoisotopic (exact) mass is 384 g/mol. The van der Waals surface area contributed by atoms with Crippen LogP contribution in [0.15, 0.2) is 0 Å². The van der Waals surface area contributed by atoms with Crippen LogP contribution in [0.2, 0.25) is 35.2 Å². The van der Waals surface area contributed by atoms with Crippen molar-refractivity contribution in [3.8, 4) is 0 Å². The van der Waals surface area contributed by atoms with Gasteiger partial charge in [-0.2, -0.15) is 0 Å². The molecule has 0 heterocycles. The average molecular weight is 387 g/mol. The van der Waals surface area contributed by atoms with Gasteiger partial charge in [-0.25, -0.2) is 4.39 Å². The summed E-state index contributed by atoms with van der Waals surface area (Å²) in [6, 6.07) is 0. The summed E-state index contributed by atoms with van der Waals surface area (Å²) in [5.74, 6) is -0.896. The molecule has 0 bridgehead atoms. The highest BCUT2D eigenvalue weighted by molar-refractivity contribution is 6.59. The molecule has 96 valence electrons. The first kappa shape index (κ1) is 15.1. The SMILES string of the molecule is Fc1c(Cl)c(Cl)c2c(Cl)c(Cl)c(Cl)c(Cl)c2c1Cl. The van der Waals surface area contributed by atoms with Gasteiger partial charge in [0.15, 0.2) is 5.82 Å². The molecule has 0 aromatic heterocycles. The van der Waals surface area contributed by atoms with Crippen LogP contribution in [0, 0.1) is 5.82 Å². The average Bonchev–Trinajstić information content (AvgIpc) is 2.35. The van der Waals surface area contributed by atoms with Crippen molar-refractivity contribution in [1.82, 2.24) is 0 Å². The molecule has 2 aromatic carbocycles. The summed E-state index contributed by atoms with van der Waals surface area (Å²) >= 11 is 41.2. The van der Waals surface area contributed by atoms with Gasteiger partial charge >= 0.3 is 0 Å². The summed E-state index contributed by atoms with van der Waals surface area (Å²) in [4.78, 5) is 0. The van der Waals surface area contributed by atoms with Crippen LogP contribution in [-0.4, -0.2) is 0 Å². The zero-order valence-electron chi connectivity index (χ0n) is 8.02. The molecule has 0 N–H and O–H groups in total. The van der Waals surface area contributed by atoms with E-state index in [1.54, 1.807) is 0 Å². The van der Waals surface area contributed by atoms with Crippen molar-refractivity contribution in [3.05, 3.63) is 41.0 Å². The molecule has 0 nitrogen and oxygen atoms in total. The van der Waals surface area contributed by atoms with Gasteiger partial charge in [-0.1, -0.05) is 81.2 Å². The van der Waals surface area contributed by atoms with Gasteiger partial charge in [0, 0.05) is 10.8 Å². The molecule has 2 rings (SSSR count). The third-order valence-corrected chi connectivity index (χ3v) is 5.27. The summed E-state index contributed by atoms with van der Waals surface area (Å²) in [6.45, 7) is 0. The summed E-state index contributed by atoms with van der Waals surface area (Å²) in [5, 5.41) is -0.626. The molecular formula is C10Cl7F. The molecule has 2 aromatic rings. The third-order valence-electron chi connectivity index (χ3n) is 2.28. The maximum atomic E-state index is 13.7. The van der Waals surface area contributed by atoms with Crippen LogP contribution in [-0.2, 0) is 0 Å². The highest BCUT2D eigenvalue weighted by Gasteiger charge is 2.24. The Morgan fingerprint density at radius 1 is 0.444 bits per heavy atom. The number of rotatable bonds is 0. The Bertz CT molecular complexity index is 567. The van der Waals surface area contributed by atoms with E-state index in [0.29, 0.717) is 0 Å². The minimum Gasteiger partial charge on any atom is -0.204 e. The van der Waals surface area contributed by atoms with Crippen LogP contribution in [0.3, 0.4) is 0 Å². The van der Waals surface area contributed by atoms with Crippen LogP contribution < -0.4 is 0 Å². The summed E-state index contributed by atoms with van der Waals surface area (Å²) in [5.41, 5.74) is 0. The molecule has 0 atom stereocenters. The number of fused-ring (bicyclic) bond motifs is 1. The van der Waals surface area contributed by atoms with E-state index in [1.807, 2.05) is 0 Å². The standard InChI is InChI=1S/C10Cl7F/c11-3-1-2(4(12)8(16)7(3)15)6(14)10(18)9(17)5(1)13. The van der Waals surface area contributed by atoms with Gasteiger partial charge in [0.1, 0.15) is 0 Å². The molecular weight excluding hydrogens is 387 g/mol. The molecule has 0 radical (unpaired) electrons. The lowest BCUT2D eigenvalue weighted by Gasteiger charge is -2.13. The van der Waals surface area contributed by atoms with E-state index in [0.717, 1.165) is 0 Å². The third kappa shape index (κ3) is 2.05. The van der Waals surface area contributed by atoms with Crippen LogP contribution >= 0.6 is 81.2 Å². The molecule has 0 fully saturated rings. The molecule has 0 saturated heterocycles. The minimum absolute atomic E-state index is 0.00326. The van der Waals surface area contributed by atoms with Crippen molar-refractivity contribution in [2.45, 2.75) is 0 Å². The largest absolute Gasteiger partial charge is 0.204 e. The Labute approximate surface area is 136 Å². The van der Waals surface area contributed by atoms with Crippen molar-refractivity contribution in [2.24, 2.45) is 0 Å². The van der Waals surface area contributed by atoms with Crippen LogP contribution in [0.1, 0.15) is 0 Å². The number of halogens is 8. The smallest absolute Gasteiger partial charge is 0.162 e. The predicted molar refractivity (Wildman–Crippen MR) is 79.0 cm³/mol. The highest BCUT2D eigenvalue weighted by atomic mass is 35.5. The molecule has 0 aliphatic rings. The van der Waals surface area contributed by atoms with Gasteiger partial charge in [0.05, 0.1) is 35.2 Å². The van der Waals surface area contributed by atoms with Gasteiger partial charge in [-0.05, 0) is 0 Å². The predicted octanol–water partition coefficient (Wildman–Crippen LogP) is 7.55. The maximum absolute atomic E-state index is 13.7. The first-order chi connectivity index (χ1) is 8.29. The van der Waals surface area contributed by atoms with E-state index in [9.17, 15) is 4.39 Å². The topological polar surface area (TPSA) is 0 Å². The summed E-state index contributed by atoms with van der Waals surface area (Å²) in [6.07, 6.45) is 0. The second-order valence-corrected chi connectivity index (χ2v) is 5.91. The summed E-state index contributed by atoms with van der Waals surface area (Å²) < 4.78 is 13.7. The van der Waals surface area contributed by atoms with Gasteiger partial charge in [0.25, 0.3) is 0 Å². The minimum atomic E-state index is -0.896. The van der Waals surface area contributed by atoms with Gasteiger partial charge in [0.2, 0.25) is 0 Å². The highest BCUT2D eigenvalue weighted by Crippen LogP contribution is 2.50. The molecule has 0 aliphatic carbocycles. The van der Waals surface area contributed by atoms with E-state index in [2.05, 4.69) is 0 Å². The number of hydrogen-bond acceptors (Lipinski definition) is 0. The van der Waals surface area contributed by atoms with Crippen molar-refractivity contribution >= 4 is 92.0 Å². The Kier molecular flexibility index (Phi) is 4.36. The fourth-order valence-corrected chi connectivity index (χ4v) is 3.39. The first-order valence-electron chi connectivity index (χ1n) is 4.26. The quantitative estimate of drug-likeness (QED) is 0.323. The van der Waals surface area contributed by atoms with E-state index in [-0.39, 0.29) is 45.9 Å². The van der Waals surface area contributed by atoms with Crippen molar-refractivity contribution in [1.29, 1.82) is 0 Å². The van der Waals surface area contributed by atoms with Crippen LogP contribution in [0.4, 0.5) is 4.39 Å². The van der Waals surface area contributed by atoms with Crippen molar-refractivity contribution in [3.63, 3.8) is 0 Å². The van der Waals surface area contributed by atoms with Crippen LogP contribution in [0.25, 0.3) is 10.8 Å². The summed E-state index contributed by atoms with van der Waals surface area (Å²) in [7, 11) is 0. The normalized spacial score (nSPS) is 11.3. The van der Waals surface area contributed by atoms with Gasteiger partial charge in [-0.15, -0.1) is 0 Å². The van der Waals surface area contributed by atoms with E-state index in [1.165, 1.54) is 0 Å². The van der Waals surface area contributed by atoms with E-state index < -0.39 is 5.82 Å². The lowest BCUT2D eigenvalue weighted by Crippen LogP contribution is -1.90. The Balaban J connectivity index is 3.22. The molecule has 18 heavy (non-hydrogen) atoms. The maximum Gasteiger partial charge on any atom is 0.162 e. The lowest BCUT2D eigenvalue weighted by atomic mass is 10.1. The van der Waals surface area contributed by atoms with Crippen LogP contribution in [0.5, 0.6) is 0 Å². The molecule has 0 saturated carbocycles.